The molecule has 0 aliphatic carbocycles. The number of fused-ring (bicyclic) bond motifs is 1. The standard InChI is InChI=1S/C10H11F3N2/c11-10(12,13)6-15-5-4-7-8(14)2-1-3-9(7)15/h1-3H,4-6,14H2. The van der Waals surface area contributed by atoms with Crippen LogP contribution in [0.25, 0.3) is 0 Å². The first kappa shape index (κ1) is 10.1. The summed E-state index contributed by atoms with van der Waals surface area (Å²) in [5, 5.41) is 0. The highest BCUT2D eigenvalue weighted by molar-refractivity contribution is 5.68. The molecule has 0 spiro atoms. The Kier molecular flexibility index (Phi) is 2.25. The molecule has 0 atom stereocenters. The predicted octanol–water partition coefficient (Wildman–Crippen LogP) is 2.19. The van der Waals surface area contributed by atoms with E-state index >= 15 is 0 Å². The van der Waals surface area contributed by atoms with Crippen LogP contribution < -0.4 is 10.6 Å². The van der Waals surface area contributed by atoms with Crippen LogP contribution in [-0.2, 0) is 6.42 Å². The number of halogens is 3. The van der Waals surface area contributed by atoms with E-state index in [2.05, 4.69) is 0 Å². The number of hydrogen-bond donors (Lipinski definition) is 1. The van der Waals surface area contributed by atoms with Crippen LogP contribution >= 0.6 is 0 Å². The third kappa shape index (κ3) is 2.00. The molecule has 1 aliphatic heterocycles. The largest absolute Gasteiger partial charge is 0.405 e. The van der Waals surface area contributed by atoms with E-state index in [1.165, 1.54) is 4.90 Å². The third-order valence-electron chi connectivity index (χ3n) is 2.53. The van der Waals surface area contributed by atoms with Crippen molar-refractivity contribution in [1.29, 1.82) is 0 Å². The Morgan fingerprint density at radius 2 is 2.07 bits per heavy atom. The summed E-state index contributed by atoms with van der Waals surface area (Å²) in [5.41, 5.74) is 7.72. The van der Waals surface area contributed by atoms with Crippen molar-refractivity contribution in [2.24, 2.45) is 0 Å². The van der Waals surface area contributed by atoms with E-state index in [0.717, 1.165) is 5.56 Å². The Morgan fingerprint density at radius 1 is 1.33 bits per heavy atom. The summed E-state index contributed by atoms with van der Waals surface area (Å²) in [6.45, 7) is -0.507. The third-order valence-corrected chi connectivity index (χ3v) is 2.53. The number of nitrogen functional groups attached to an aromatic ring is 1. The van der Waals surface area contributed by atoms with Gasteiger partial charge in [-0.05, 0) is 18.6 Å². The van der Waals surface area contributed by atoms with Crippen molar-refractivity contribution in [1.82, 2.24) is 0 Å². The summed E-state index contributed by atoms with van der Waals surface area (Å²) in [6.07, 6.45) is -3.57. The maximum Gasteiger partial charge on any atom is 0.405 e. The molecule has 5 heteroatoms. The topological polar surface area (TPSA) is 29.3 Å². The van der Waals surface area contributed by atoms with E-state index in [1.54, 1.807) is 18.2 Å². The number of anilines is 2. The Morgan fingerprint density at radius 3 is 2.73 bits per heavy atom. The Hall–Kier alpha value is -1.39. The lowest BCUT2D eigenvalue weighted by Gasteiger charge is -2.20. The van der Waals surface area contributed by atoms with E-state index < -0.39 is 12.7 Å². The highest BCUT2D eigenvalue weighted by Gasteiger charge is 2.33. The van der Waals surface area contributed by atoms with Gasteiger partial charge in [0.15, 0.2) is 0 Å². The number of alkyl halides is 3. The van der Waals surface area contributed by atoms with Crippen LogP contribution in [0.1, 0.15) is 5.56 Å². The quantitative estimate of drug-likeness (QED) is 0.729. The van der Waals surface area contributed by atoms with Crippen LogP contribution in [0, 0.1) is 0 Å². The zero-order valence-corrected chi connectivity index (χ0v) is 8.01. The Labute approximate surface area is 85.5 Å². The lowest BCUT2D eigenvalue weighted by atomic mass is 10.1. The van der Waals surface area contributed by atoms with Gasteiger partial charge >= 0.3 is 6.18 Å². The summed E-state index contributed by atoms with van der Waals surface area (Å²) >= 11 is 0. The van der Waals surface area contributed by atoms with E-state index in [1.807, 2.05) is 0 Å². The first-order chi connectivity index (χ1) is 6.97. The smallest absolute Gasteiger partial charge is 0.398 e. The second-order valence-corrected chi connectivity index (χ2v) is 3.63. The van der Waals surface area contributed by atoms with Crippen molar-refractivity contribution in [3.8, 4) is 0 Å². The highest BCUT2D eigenvalue weighted by Crippen LogP contribution is 2.33. The molecule has 1 aromatic carbocycles. The normalized spacial score (nSPS) is 15.5. The van der Waals surface area contributed by atoms with Crippen molar-refractivity contribution in [3.05, 3.63) is 23.8 Å². The second-order valence-electron chi connectivity index (χ2n) is 3.63. The van der Waals surface area contributed by atoms with E-state index in [-0.39, 0.29) is 0 Å². The minimum atomic E-state index is -4.16. The molecule has 1 aromatic rings. The van der Waals surface area contributed by atoms with Gasteiger partial charge in [0.25, 0.3) is 0 Å². The summed E-state index contributed by atoms with van der Waals surface area (Å²) in [5.74, 6) is 0. The van der Waals surface area contributed by atoms with Gasteiger partial charge in [0, 0.05) is 23.5 Å². The van der Waals surface area contributed by atoms with Gasteiger partial charge in [-0.1, -0.05) is 6.07 Å². The molecule has 0 radical (unpaired) electrons. The second kappa shape index (κ2) is 3.32. The molecule has 0 saturated heterocycles. The Bertz CT molecular complexity index is 373. The molecule has 15 heavy (non-hydrogen) atoms. The average Bonchev–Trinajstić information content (AvgIpc) is 2.48. The zero-order chi connectivity index (χ0) is 11.1. The molecule has 1 aliphatic rings. The van der Waals surface area contributed by atoms with Crippen LogP contribution in [0.15, 0.2) is 18.2 Å². The summed E-state index contributed by atoms with van der Waals surface area (Å²) < 4.78 is 36.7. The lowest BCUT2D eigenvalue weighted by Crippen LogP contribution is -2.32. The molecule has 0 amide bonds. The van der Waals surface area contributed by atoms with Crippen LogP contribution in [0.5, 0.6) is 0 Å². The van der Waals surface area contributed by atoms with Gasteiger partial charge < -0.3 is 10.6 Å². The van der Waals surface area contributed by atoms with Crippen LogP contribution in [-0.4, -0.2) is 19.3 Å². The fourth-order valence-electron chi connectivity index (χ4n) is 1.91. The fourth-order valence-corrected chi connectivity index (χ4v) is 1.91. The minimum Gasteiger partial charge on any atom is -0.398 e. The predicted molar refractivity (Wildman–Crippen MR) is 52.8 cm³/mol. The van der Waals surface area contributed by atoms with Gasteiger partial charge in [-0.15, -0.1) is 0 Å². The van der Waals surface area contributed by atoms with Crippen molar-refractivity contribution in [3.63, 3.8) is 0 Å². The molecule has 0 bridgehead atoms. The number of hydrogen-bond acceptors (Lipinski definition) is 2. The molecule has 0 fully saturated rings. The average molecular weight is 216 g/mol. The summed E-state index contributed by atoms with van der Waals surface area (Å²) in [7, 11) is 0. The maximum absolute atomic E-state index is 12.2. The summed E-state index contributed by atoms with van der Waals surface area (Å²) in [4.78, 5) is 1.33. The molecule has 82 valence electrons. The first-order valence-corrected chi connectivity index (χ1v) is 4.66. The SMILES string of the molecule is Nc1cccc2c1CCN2CC(F)(F)F. The molecule has 2 N–H and O–H groups in total. The minimum absolute atomic E-state index is 0.392. The number of nitrogens with zero attached hydrogens (tertiary/aromatic N) is 1. The first-order valence-electron chi connectivity index (χ1n) is 4.66. The van der Waals surface area contributed by atoms with Gasteiger partial charge in [-0.25, -0.2) is 0 Å². The number of rotatable bonds is 1. The van der Waals surface area contributed by atoms with Gasteiger partial charge in [-0.3, -0.25) is 0 Å². The molecular formula is C10H11F3N2. The van der Waals surface area contributed by atoms with E-state index in [4.69, 9.17) is 5.73 Å². The number of nitrogens with two attached hydrogens (primary N) is 1. The summed E-state index contributed by atoms with van der Waals surface area (Å²) in [6, 6.07) is 5.09. The van der Waals surface area contributed by atoms with Gasteiger partial charge in [0.1, 0.15) is 6.54 Å². The van der Waals surface area contributed by atoms with Crippen LogP contribution in [0.2, 0.25) is 0 Å². The van der Waals surface area contributed by atoms with Crippen molar-refractivity contribution in [2.45, 2.75) is 12.6 Å². The molecular weight excluding hydrogens is 205 g/mol. The fraction of sp³-hybridized carbons (Fsp3) is 0.400. The van der Waals surface area contributed by atoms with Crippen molar-refractivity contribution in [2.75, 3.05) is 23.7 Å². The van der Waals surface area contributed by atoms with Gasteiger partial charge in [0.2, 0.25) is 0 Å². The molecule has 1 heterocycles. The molecule has 0 aromatic heterocycles. The highest BCUT2D eigenvalue weighted by atomic mass is 19.4. The van der Waals surface area contributed by atoms with Crippen LogP contribution in [0.3, 0.4) is 0 Å². The maximum atomic E-state index is 12.2. The molecule has 2 rings (SSSR count). The number of benzene rings is 1. The molecule has 0 saturated carbocycles. The van der Waals surface area contributed by atoms with Crippen molar-refractivity contribution < 1.29 is 13.2 Å². The lowest BCUT2D eigenvalue weighted by molar-refractivity contribution is -0.119. The monoisotopic (exact) mass is 216 g/mol. The van der Waals surface area contributed by atoms with E-state index in [0.29, 0.717) is 24.3 Å². The van der Waals surface area contributed by atoms with Crippen LogP contribution in [0.4, 0.5) is 24.5 Å². The molecule has 0 unspecified atom stereocenters. The van der Waals surface area contributed by atoms with E-state index in [9.17, 15) is 13.2 Å². The zero-order valence-electron chi connectivity index (χ0n) is 8.01. The van der Waals surface area contributed by atoms with Crippen molar-refractivity contribution >= 4 is 11.4 Å². The van der Waals surface area contributed by atoms with Gasteiger partial charge in [0.05, 0.1) is 0 Å². The van der Waals surface area contributed by atoms with Gasteiger partial charge in [-0.2, -0.15) is 13.2 Å². The Balaban J connectivity index is 2.26. The molecule has 2 nitrogen and oxygen atoms in total.